The summed E-state index contributed by atoms with van der Waals surface area (Å²) in [6, 6.07) is 2.05. The minimum atomic E-state index is -0.207. The van der Waals surface area contributed by atoms with E-state index in [9.17, 15) is 4.79 Å². The second kappa shape index (κ2) is 5.22. The molecule has 1 aliphatic carbocycles. The molecule has 4 nitrogen and oxygen atoms in total. The van der Waals surface area contributed by atoms with Gasteiger partial charge in [0, 0.05) is 30.6 Å². The van der Waals surface area contributed by atoms with E-state index in [0.717, 1.165) is 43.6 Å². The highest BCUT2D eigenvalue weighted by atomic mass is 16.1. The molecule has 0 unspecified atom stereocenters. The maximum atomic E-state index is 12.1. The van der Waals surface area contributed by atoms with E-state index in [0.29, 0.717) is 12.8 Å². The zero-order chi connectivity index (χ0) is 13.2. The van der Waals surface area contributed by atoms with Gasteiger partial charge in [-0.3, -0.25) is 9.48 Å². The molecule has 0 saturated heterocycles. The first-order valence-corrected chi connectivity index (χ1v) is 6.92. The number of Topliss-reactive ketones (excluding diaryl/α,β-unsaturated/α-hetero) is 1. The van der Waals surface area contributed by atoms with Crippen molar-refractivity contribution in [1.82, 2.24) is 9.78 Å². The van der Waals surface area contributed by atoms with Gasteiger partial charge in [-0.15, -0.1) is 0 Å². The first kappa shape index (κ1) is 13.3. The minimum Gasteiger partial charge on any atom is -0.325 e. The summed E-state index contributed by atoms with van der Waals surface area (Å²) in [7, 11) is 0. The van der Waals surface area contributed by atoms with Gasteiger partial charge in [-0.05, 0) is 38.7 Å². The van der Waals surface area contributed by atoms with E-state index in [-0.39, 0.29) is 11.3 Å². The fourth-order valence-corrected chi connectivity index (χ4v) is 2.57. The Morgan fingerprint density at radius 3 is 2.72 bits per heavy atom. The molecule has 1 aliphatic rings. The Morgan fingerprint density at radius 1 is 1.50 bits per heavy atom. The highest BCUT2D eigenvalue weighted by Crippen LogP contribution is 2.32. The summed E-state index contributed by atoms with van der Waals surface area (Å²) in [4.78, 5) is 12.1. The molecule has 0 aliphatic heterocycles. The topological polar surface area (TPSA) is 60.9 Å². The molecule has 100 valence electrons. The third kappa shape index (κ3) is 2.80. The molecule has 0 bridgehead atoms. The predicted octanol–water partition coefficient (Wildman–Crippen LogP) is 1.85. The lowest BCUT2D eigenvalue weighted by atomic mass is 9.74. The Kier molecular flexibility index (Phi) is 3.85. The van der Waals surface area contributed by atoms with Crippen LogP contribution in [-0.2, 0) is 24.2 Å². The van der Waals surface area contributed by atoms with E-state index in [1.807, 2.05) is 10.7 Å². The van der Waals surface area contributed by atoms with Crippen LogP contribution in [-0.4, -0.2) is 21.1 Å². The van der Waals surface area contributed by atoms with E-state index in [1.54, 1.807) is 0 Å². The molecular formula is C14H23N3O. The number of hydrogen-bond donors (Lipinski definition) is 1. The maximum Gasteiger partial charge on any atom is 0.140 e. The molecule has 1 aromatic rings. The number of nitrogens with two attached hydrogens (primary N) is 1. The van der Waals surface area contributed by atoms with E-state index in [1.165, 1.54) is 0 Å². The number of aryl methyl sites for hydroxylation is 2. The van der Waals surface area contributed by atoms with Crippen LogP contribution in [0, 0.1) is 0 Å². The highest BCUT2D eigenvalue weighted by Gasteiger charge is 2.34. The third-order valence-electron chi connectivity index (χ3n) is 3.85. The monoisotopic (exact) mass is 249 g/mol. The molecule has 1 aromatic heterocycles. The normalized spacial score (nSPS) is 17.5. The summed E-state index contributed by atoms with van der Waals surface area (Å²) in [6.07, 6.45) is 5.05. The number of ketones is 1. The van der Waals surface area contributed by atoms with Crippen LogP contribution in [0.2, 0.25) is 0 Å². The summed E-state index contributed by atoms with van der Waals surface area (Å²) in [5, 5.41) is 4.46. The summed E-state index contributed by atoms with van der Waals surface area (Å²) in [5.74, 6) is 0.245. The Hall–Kier alpha value is -1.16. The molecule has 2 N–H and O–H groups in total. The predicted molar refractivity (Wildman–Crippen MR) is 71.4 cm³/mol. The number of nitrogens with zero attached hydrogens (tertiary/aromatic N) is 2. The van der Waals surface area contributed by atoms with Crippen LogP contribution in [0.5, 0.6) is 0 Å². The fraction of sp³-hybridized carbons (Fsp3) is 0.714. The maximum absolute atomic E-state index is 12.1. The van der Waals surface area contributed by atoms with Crippen molar-refractivity contribution >= 4 is 5.78 Å². The molecule has 1 heterocycles. The standard InChI is InChI=1S/C14H23N3O/c1-3-11-8-12(17(4-2)16-11)9-13(18)10-14(15)6-5-7-14/h8H,3-7,9-10,15H2,1-2H3. The van der Waals surface area contributed by atoms with Crippen molar-refractivity contribution in [1.29, 1.82) is 0 Å². The van der Waals surface area contributed by atoms with Gasteiger partial charge in [0.05, 0.1) is 5.69 Å². The van der Waals surface area contributed by atoms with Gasteiger partial charge in [0.25, 0.3) is 0 Å². The Bertz CT molecular complexity index is 432. The van der Waals surface area contributed by atoms with E-state index >= 15 is 0 Å². The van der Waals surface area contributed by atoms with Crippen LogP contribution in [0.15, 0.2) is 6.07 Å². The molecule has 1 fully saturated rings. The molecule has 0 amide bonds. The molecule has 0 radical (unpaired) electrons. The molecule has 18 heavy (non-hydrogen) atoms. The van der Waals surface area contributed by atoms with Crippen molar-refractivity contribution in [3.8, 4) is 0 Å². The molecule has 0 atom stereocenters. The lowest BCUT2D eigenvalue weighted by Crippen LogP contribution is -2.48. The average Bonchev–Trinajstić information content (AvgIpc) is 2.69. The quantitative estimate of drug-likeness (QED) is 0.837. The smallest absolute Gasteiger partial charge is 0.140 e. The highest BCUT2D eigenvalue weighted by molar-refractivity contribution is 5.81. The zero-order valence-corrected chi connectivity index (χ0v) is 11.4. The van der Waals surface area contributed by atoms with Crippen LogP contribution in [0.3, 0.4) is 0 Å². The first-order valence-electron chi connectivity index (χ1n) is 6.92. The SMILES string of the molecule is CCc1cc(CC(=O)CC2(N)CCC2)n(CC)n1. The van der Waals surface area contributed by atoms with Gasteiger partial charge in [-0.2, -0.15) is 5.10 Å². The summed E-state index contributed by atoms with van der Waals surface area (Å²) in [5.41, 5.74) is 8.00. The minimum absolute atomic E-state index is 0.207. The van der Waals surface area contributed by atoms with Crippen molar-refractivity contribution in [2.45, 2.75) is 64.5 Å². The second-order valence-corrected chi connectivity index (χ2v) is 5.40. The molecule has 1 saturated carbocycles. The molecular weight excluding hydrogens is 226 g/mol. The van der Waals surface area contributed by atoms with Gasteiger partial charge in [0.15, 0.2) is 0 Å². The van der Waals surface area contributed by atoms with Gasteiger partial charge in [-0.25, -0.2) is 0 Å². The third-order valence-corrected chi connectivity index (χ3v) is 3.85. The van der Waals surface area contributed by atoms with Crippen LogP contribution >= 0.6 is 0 Å². The van der Waals surface area contributed by atoms with Gasteiger partial charge >= 0.3 is 0 Å². The fourth-order valence-electron chi connectivity index (χ4n) is 2.57. The lowest BCUT2D eigenvalue weighted by molar-refractivity contribution is -0.120. The van der Waals surface area contributed by atoms with E-state index < -0.39 is 0 Å². The van der Waals surface area contributed by atoms with Crippen molar-refractivity contribution in [2.75, 3.05) is 0 Å². The molecule has 0 spiro atoms. The summed E-state index contributed by atoms with van der Waals surface area (Å²) in [6.45, 7) is 4.95. The lowest BCUT2D eigenvalue weighted by Gasteiger charge is -2.37. The number of hydrogen-bond acceptors (Lipinski definition) is 3. The molecule has 4 heteroatoms. The van der Waals surface area contributed by atoms with E-state index in [4.69, 9.17) is 5.73 Å². The number of aromatic nitrogens is 2. The van der Waals surface area contributed by atoms with Gasteiger partial charge in [0.2, 0.25) is 0 Å². The number of carbonyl (C=O) groups excluding carboxylic acids is 1. The second-order valence-electron chi connectivity index (χ2n) is 5.40. The Labute approximate surface area is 109 Å². The van der Waals surface area contributed by atoms with Crippen molar-refractivity contribution < 1.29 is 4.79 Å². The molecule has 0 aromatic carbocycles. The average molecular weight is 249 g/mol. The van der Waals surface area contributed by atoms with Crippen LogP contribution in [0.4, 0.5) is 0 Å². The van der Waals surface area contributed by atoms with Gasteiger partial charge in [0.1, 0.15) is 5.78 Å². The van der Waals surface area contributed by atoms with Gasteiger partial charge in [-0.1, -0.05) is 6.92 Å². The van der Waals surface area contributed by atoms with Crippen LogP contribution < -0.4 is 5.73 Å². The number of carbonyl (C=O) groups is 1. The largest absolute Gasteiger partial charge is 0.325 e. The first-order chi connectivity index (χ1) is 8.56. The van der Waals surface area contributed by atoms with Crippen molar-refractivity contribution in [3.05, 3.63) is 17.5 Å². The zero-order valence-electron chi connectivity index (χ0n) is 11.4. The summed E-state index contributed by atoms with van der Waals surface area (Å²) < 4.78 is 1.93. The van der Waals surface area contributed by atoms with Crippen LogP contribution in [0.25, 0.3) is 0 Å². The van der Waals surface area contributed by atoms with Crippen molar-refractivity contribution in [2.24, 2.45) is 5.73 Å². The van der Waals surface area contributed by atoms with Crippen LogP contribution in [0.1, 0.15) is 50.9 Å². The Balaban J connectivity index is 1.99. The Morgan fingerprint density at radius 2 is 2.22 bits per heavy atom. The van der Waals surface area contributed by atoms with Gasteiger partial charge < -0.3 is 5.73 Å². The summed E-state index contributed by atoms with van der Waals surface area (Å²) >= 11 is 0. The van der Waals surface area contributed by atoms with E-state index in [2.05, 4.69) is 18.9 Å². The number of rotatable bonds is 6. The van der Waals surface area contributed by atoms with Crippen molar-refractivity contribution in [3.63, 3.8) is 0 Å². The molecule has 2 rings (SSSR count).